The summed E-state index contributed by atoms with van der Waals surface area (Å²) < 4.78 is 0. The Kier molecular flexibility index (Phi) is 4.80. The van der Waals surface area contributed by atoms with E-state index in [1.54, 1.807) is 19.0 Å². The molecule has 0 aromatic carbocycles. The maximum atomic E-state index is 12.1. The predicted molar refractivity (Wildman–Crippen MR) is 73.6 cm³/mol. The summed E-state index contributed by atoms with van der Waals surface area (Å²) in [6.07, 6.45) is 5.76. The molecule has 3 unspecified atom stereocenters. The molecule has 108 valence electrons. The van der Waals surface area contributed by atoms with Crippen LogP contribution in [-0.2, 0) is 9.59 Å². The Labute approximate surface area is 115 Å². The predicted octanol–water partition coefficient (Wildman–Crippen LogP) is 0.502. The molecule has 2 N–H and O–H groups in total. The molecule has 5 heteroatoms. The number of nitrogens with one attached hydrogen (secondary N) is 2. The first-order chi connectivity index (χ1) is 9.08. The summed E-state index contributed by atoms with van der Waals surface area (Å²) in [7, 11) is 3.60. The fraction of sp³-hybridized carbons (Fsp3) is 0.857. The minimum atomic E-state index is -0.0232. The number of amides is 2. The number of nitrogens with zero attached hydrogens (tertiary/aromatic N) is 1. The first kappa shape index (κ1) is 14.3. The summed E-state index contributed by atoms with van der Waals surface area (Å²) in [4.78, 5) is 25.7. The van der Waals surface area contributed by atoms with E-state index in [1.165, 1.54) is 0 Å². The van der Waals surface area contributed by atoms with Gasteiger partial charge in [0.1, 0.15) is 0 Å². The largest absolute Gasteiger partial charge is 0.352 e. The van der Waals surface area contributed by atoms with Gasteiger partial charge in [-0.2, -0.15) is 0 Å². The zero-order valence-electron chi connectivity index (χ0n) is 11.9. The highest BCUT2D eigenvalue weighted by Crippen LogP contribution is 2.25. The molecule has 1 heterocycles. The molecule has 0 bridgehead atoms. The number of carbonyl (C=O) groups excluding carboxylic acids is 2. The Morgan fingerprint density at radius 3 is 2.58 bits per heavy atom. The highest BCUT2D eigenvalue weighted by molar-refractivity contribution is 5.82. The van der Waals surface area contributed by atoms with Crippen molar-refractivity contribution in [1.29, 1.82) is 0 Å². The van der Waals surface area contributed by atoms with Crippen LogP contribution in [0.3, 0.4) is 0 Å². The summed E-state index contributed by atoms with van der Waals surface area (Å²) in [5.74, 6) is 0.379. The van der Waals surface area contributed by atoms with E-state index in [0.29, 0.717) is 0 Å². The van der Waals surface area contributed by atoms with Crippen LogP contribution in [0.25, 0.3) is 0 Å². The van der Waals surface area contributed by atoms with Gasteiger partial charge in [0, 0.05) is 26.1 Å². The maximum Gasteiger partial charge on any atom is 0.237 e. The molecule has 0 radical (unpaired) electrons. The second kappa shape index (κ2) is 6.37. The van der Waals surface area contributed by atoms with E-state index < -0.39 is 0 Å². The second-order valence-corrected chi connectivity index (χ2v) is 5.95. The van der Waals surface area contributed by atoms with Gasteiger partial charge in [-0.25, -0.2) is 0 Å². The molecule has 19 heavy (non-hydrogen) atoms. The molecule has 1 aliphatic heterocycles. The molecule has 5 nitrogen and oxygen atoms in total. The molecule has 2 aliphatic rings. The smallest absolute Gasteiger partial charge is 0.237 e. The molecule has 1 saturated heterocycles. The molecule has 0 aromatic rings. The van der Waals surface area contributed by atoms with Crippen LogP contribution in [0.2, 0.25) is 0 Å². The van der Waals surface area contributed by atoms with Gasteiger partial charge in [0.05, 0.1) is 6.04 Å². The fourth-order valence-electron chi connectivity index (χ4n) is 3.12. The Morgan fingerprint density at radius 1 is 1.16 bits per heavy atom. The minimum absolute atomic E-state index is 0.0232. The van der Waals surface area contributed by atoms with E-state index in [0.717, 1.165) is 45.1 Å². The highest BCUT2D eigenvalue weighted by Gasteiger charge is 2.30. The first-order valence-corrected chi connectivity index (χ1v) is 7.33. The molecular weight excluding hydrogens is 242 g/mol. The second-order valence-electron chi connectivity index (χ2n) is 5.95. The van der Waals surface area contributed by atoms with Crippen LogP contribution in [0, 0.1) is 5.92 Å². The van der Waals surface area contributed by atoms with Gasteiger partial charge < -0.3 is 15.5 Å². The number of rotatable bonds is 3. The topological polar surface area (TPSA) is 61.4 Å². The third-order valence-corrected chi connectivity index (χ3v) is 4.19. The molecule has 3 atom stereocenters. The lowest BCUT2D eigenvalue weighted by molar-refractivity contribution is -0.135. The minimum Gasteiger partial charge on any atom is -0.352 e. The lowest BCUT2D eigenvalue weighted by atomic mass is 9.84. The summed E-state index contributed by atoms with van der Waals surface area (Å²) >= 11 is 0. The van der Waals surface area contributed by atoms with Gasteiger partial charge >= 0.3 is 0 Å². The SMILES string of the molecule is CN(C)C(=O)C1CCCC(NC(=O)C2CCCN2)C1. The third-order valence-electron chi connectivity index (χ3n) is 4.19. The van der Waals surface area contributed by atoms with Crippen molar-refractivity contribution in [2.24, 2.45) is 5.92 Å². The van der Waals surface area contributed by atoms with Gasteiger partial charge in [-0.05, 0) is 38.6 Å². The lowest BCUT2D eigenvalue weighted by Crippen LogP contribution is -2.47. The summed E-state index contributed by atoms with van der Waals surface area (Å²) in [6.45, 7) is 0.935. The third kappa shape index (κ3) is 3.69. The normalized spacial score (nSPS) is 30.9. The van der Waals surface area contributed by atoms with Crippen LogP contribution < -0.4 is 10.6 Å². The van der Waals surface area contributed by atoms with E-state index in [-0.39, 0.29) is 29.8 Å². The van der Waals surface area contributed by atoms with E-state index in [4.69, 9.17) is 0 Å². The fourth-order valence-corrected chi connectivity index (χ4v) is 3.12. The molecular formula is C14H25N3O2. The van der Waals surface area contributed by atoms with Crippen LogP contribution in [0.4, 0.5) is 0 Å². The number of carbonyl (C=O) groups is 2. The van der Waals surface area contributed by atoms with Crippen LogP contribution in [0.15, 0.2) is 0 Å². The van der Waals surface area contributed by atoms with Crippen LogP contribution in [-0.4, -0.2) is 49.4 Å². The maximum absolute atomic E-state index is 12.1. The van der Waals surface area contributed by atoms with Gasteiger partial charge in [0.25, 0.3) is 0 Å². The van der Waals surface area contributed by atoms with Crippen LogP contribution in [0.1, 0.15) is 38.5 Å². The summed E-state index contributed by atoms with van der Waals surface area (Å²) in [6, 6.07) is 0.141. The van der Waals surface area contributed by atoms with Crippen molar-refractivity contribution in [1.82, 2.24) is 15.5 Å². The molecule has 2 rings (SSSR count). The number of hydrogen-bond donors (Lipinski definition) is 2. The number of hydrogen-bond acceptors (Lipinski definition) is 3. The molecule has 1 saturated carbocycles. The lowest BCUT2D eigenvalue weighted by Gasteiger charge is -2.31. The Bertz CT molecular complexity index is 338. The molecule has 2 amide bonds. The Hall–Kier alpha value is -1.10. The van der Waals surface area contributed by atoms with E-state index in [9.17, 15) is 9.59 Å². The van der Waals surface area contributed by atoms with E-state index in [2.05, 4.69) is 10.6 Å². The molecule has 1 aliphatic carbocycles. The zero-order chi connectivity index (χ0) is 13.8. The standard InChI is InChI=1S/C14H25N3O2/c1-17(2)14(19)10-5-3-6-11(9-10)16-13(18)12-7-4-8-15-12/h10-12,15H,3-9H2,1-2H3,(H,16,18). The van der Waals surface area contributed by atoms with E-state index in [1.807, 2.05) is 0 Å². The molecule has 2 fully saturated rings. The van der Waals surface area contributed by atoms with Crippen molar-refractivity contribution in [2.75, 3.05) is 20.6 Å². The molecule has 0 spiro atoms. The first-order valence-electron chi connectivity index (χ1n) is 7.33. The van der Waals surface area contributed by atoms with Crippen molar-refractivity contribution in [3.05, 3.63) is 0 Å². The van der Waals surface area contributed by atoms with Gasteiger partial charge in [0.15, 0.2) is 0 Å². The van der Waals surface area contributed by atoms with Crippen molar-refractivity contribution < 1.29 is 9.59 Å². The van der Waals surface area contributed by atoms with Crippen LogP contribution >= 0.6 is 0 Å². The van der Waals surface area contributed by atoms with Gasteiger partial charge in [-0.15, -0.1) is 0 Å². The molecule has 0 aromatic heterocycles. The summed E-state index contributed by atoms with van der Waals surface area (Å²) in [5, 5.41) is 6.32. The quantitative estimate of drug-likeness (QED) is 0.783. The van der Waals surface area contributed by atoms with Crippen molar-refractivity contribution in [3.8, 4) is 0 Å². The van der Waals surface area contributed by atoms with Gasteiger partial charge in [0.2, 0.25) is 11.8 Å². The van der Waals surface area contributed by atoms with Crippen molar-refractivity contribution in [3.63, 3.8) is 0 Å². The van der Waals surface area contributed by atoms with Gasteiger partial charge in [-0.1, -0.05) is 6.42 Å². The van der Waals surface area contributed by atoms with E-state index >= 15 is 0 Å². The Morgan fingerprint density at radius 2 is 1.95 bits per heavy atom. The Balaban J connectivity index is 1.83. The highest BCUT2D eigenvalue weighted by atomic mass is 16.2. The average Bonchev–Trinajstić information content (AvgIpc) is 2.92. The zero-order valence-corrected chi connectivity index (χ0v) is 11.9. The van der Waals surface area contributed by atoms with Gasteiger partial charge in [-0.3, -0.25) is 9.59 Å². The average molecular weight is 267 g/mol. The van der Waals surface area contributed by atoms with Crippen LogP contribution in [0.5, 0.6) is 0 Å². The summed E-state index contributed by atoms with van der Waals surface area (Å²) in [5.41, 5.74) is 0. The van der Waals surface area contributed by atoms with Crippen molar-refractivity contribution in [2.45, 2.75) is 50.6 Å². The van der Waals surface area contributed by atoms with Crippen molar-refractivity contribution >= 4 is 11.8 Å². The monoisotopic (exact) mass is 267 g/mol.